The number of ether oxygens (including phenoxy) is 1. The van der Waals surface area contributed by atoms with Crippen molar-refractivity contribution in [1.29, 1.82) is 0 Å². The van der Waals surface area contributed by atoms with Crippen LogP contribution in [0.4, 0.5) is 0 Å². The molecule has 0 aliphatic carbocycles. The van der Waals surface area contributed by atoms with Gasteiger partial charge in [-0.2, -0.15) is 0 Å². The van der Waals surface area contributed by atoms with Crippen LogP contribution in [0.1, 0.15) is 41.0 Å². The molecule has 176 valence electrons. The zero-order valence-electron chi connectivity index (χ0n) is 19.5. The third kappa shape index (κ3) is 6.17. The van der Waals surface area contributed by atoms with Crippen molar-refractivity contribution in [2.45, 2.75) is 39.2 Å². The SMILES string of the molecule is Cc1cccc(C(=O)NCCCCCc2nc3ccccc3n2CCOc2ccccc2Cl)c1. The molecule has 0 saturated carbocycles. The van der Waals surface area contributed by atoms with E-state index in [1.165, 1.54) is 0 Å². The molecule has 0 aliphatic rings. The van der Waals surface area contributed by atoms with E-state index >= 15 is 0 Å². The number of rotatable bonds is 11. The van der Waals surface area contributed by atoms with Crippen LogP contribution >= 0.6 is 11.6 Å². The number of halogens is 1. The second-order valence-corrected chi connectivity index (χ2v) is 8.79. The molecule has 0 atom stereocenters. The van der Waals surface area contributed by atoms with Gasteiger partial charge in [-0.3, -0.25) is 4.79 Å². The molecule has 4 aromatic rings. The van der Waals surface area contributed by atoms with E-state index in [2.05, 4.69) is 16.0 Å². The van der Waals surface area contributed by atoms with E-state index in [1.54, 1.807) is 0 Å². The molecule has 1 amide bonds. The molecular formula is C28H30ClN3O2. The minimum atomic E-state index is -0.0102. The summed E-state index contributed by atoms with van der Waals surface area (Å²) in [6.07, 6.45) is 3.85. The largest absolute Gasteiger partial charge is 0.490 e. The Bertz CT molecular complexity index is 1250. The number of carbonyl (C=O) groups is 1. The fourth-order valence-corrected chi connectivity index (χ4v) is 4.24. The summed E-state index contributed by atoms with van der Waals surface area (Å²) in [7, 11) is 0. The average Bonchev–Trinajstić information content (AvgIpc) is 3.19. The summed E-state index contributed by atoms with van der Waals surface area (Å²) in [5.41, 5.74) is 3.92. The number of para-hydroxylation sites is 3. The van der Waals surface area contributed by atoms with Crippen molar-refractivity contribution >= 4 is 28.5 Å². The molecule has 0 radical (unpaired) electrons. The number of unbranched alkanes of at least 4 members (excludes halogenated alkanes) is 2. The molecule has 1 N–H and O–H groups in total. The maximum Gasteiger partial charge on any atom is 0.251 e. The predicted octanol–water partition coefficient (Wildman–Crippen LogP) is 6.22. The zero-order chi connectivity index (χ0) is 23.8. The van der Waals surface area contributed by atoms with Crippen molar-refractivity contribution in [2.75, 3.05) is 13.2 Å². The second-order valence-electron chi connectivity index (χ2n) is 8.38. The minimum Gasteiger partial charge on any atom is -0.490 e. The molecule has 4 rings (SSSR count). The van der Waals surface area contributed by atoms with Gasteiger partial charge >= 0.3 is 0 Å². The lowest BCUT2D eigenvalue weighted by Gasteiger charge is -2.12. The van der Waals surface area contributed by atoms with Crippen LogP contribution in [0.25, 0.3) is 11.0 Å². The maximum atomic E-state index is 12.3. The summed E-state index contributed by atoms with van der Waals surface area (Å²) >= 11 is 6.21. The van der Waals surface area contributed by atoms with Gasteiger partial charge in [-0.1, -0.05) is 60.0 Å². The summed E-state index contributed by atoms with van der Waals surface area (Å²) in [5, 5.41) is 3.64. The smallest absolute Gasteiger partial charge is 0.251 e. The molecule has 1 heterocycles. The highest BCUT2D eigenvalue weighted by Crippen LogP contribution is 2.23. The van der Waals surface area contributed by atoms with Crippen LogP contribution in [0.15, 0.2) is 72.8 Å². The summed E-state index contributed by atoms with van der Waals surface area (Å²) in [4.78, 5) is 17.1. The van der Waals surface area contributed by atoms with Crippen LogP contribution < -0.4 is 10.1 Å². The average molecular weight is 476 g/mol. The number of nitrogens with one attached hydrogen (secondary N) is 1. The summed E-state index contributed by atoms with van der Waals surface area (Å²) < 4.78 is 8.16. The van der Waals surface area contributed by atoms with E-state index in [4.69, 9.17) is 21.3 Å². The molecular weight excluding hydrogens is 446 g/mol. The van der Waals surface area contributed by atoms with Crippen LogP contribution in [0.3, 0.4) is 0 Å². The Morgan fingerprint density at radius 1 is 1.00 bits per heavy atom. The van der Waals surface area contributed by atoms with Crippen molar-refractivity contribution in [3.63, 3.8) is 0 Å². The van der Waals surface area contributed by atoms with Gasteiger partial charge in [0.2, 0.25) is 0 Å². The fraction of sp³-hybridized carbons (Fsp3) is 0.286. The standard InChI is InChI=1S/C28H30ClN3O2/c1-21-10-9-11-22(20-21)28(33)30-17-8-2-3-16-27-31-24-13-5-6-14-25(24)32(27)18-19-34-26-15-7-4-12-23(26)29/h4-7,9-15,20H,2-3,8,16-19H2,1H3,(H,30,33). The van der Waals surface area contributed by atoms with Crippen LogP contribution in [0.5, 0.6) is 5.75 Å². The Kier molecular flexibility index (Phi) is 8.21. The molecule has 0 spiro atoms. The normalized spacial score (nSPS) is 11.0. The number of imidazole rings is 1. The summed E-state index contributed by atoms with van der Waals surface area (Å²) in [6.45, 7) is 3.89. The minimum absolute atomic E-state index is 0.0102. The molecule has 5 nitrogen and oxygen atoms in total. The Morgan fingerprint density at radius 3 is 2.68 bits per heavy atom. The summed E-state index contributed by atoms with van der Waals surface area (Å²) in [5.74, 6) is 1.75. The first kappa shape index (κ1) is 23.8. The highest BCUT2D eigenvalue weighted by atomic mass is 35.5. The highest BCUT2D eigenvalue weighted by molar-refractivity contribution is 6.32. The number of fused-ring (bicyclic) bond motifs is 1. The van der Waals surface area contributed by atoms with Gasteiger partial charge in [-0.05, 0) is 56.2 Å². The van der Waals surface area contributed by atoms with Gasteiger partial charge < -0.3 is 14.6 Å². The molecule has 0 aliphatic heterocycles. The first-order valence-corrected chi connectivity index (χ1v) is 12.2. The van der Waals surface area contributed by atoms with Gasteiger partial charge in [0.1, 0.15) is 18.2 Å². The molecule has 0 bridgehead atoms. The number of hydrogen-bond donors (Lipinski definition) is 1. The highest BCUT2D eigenvalue weighted by Gasteiger charge is 2.11. The maximum absolute atomic E-state index is 12.3. The van der Waals surface area contributed by atoms with Gasteiger partial charge in [-0.15, -0.1) is 0 Å². The zero-order valence-corrected chi connectivity index (χ0v) is 20.2. The van der Waals surface area contributed by atoms with Crippen LogP contribution in [0, 0.1) is 6.92 Å². The lowest BCUT2D eigenvalue weighted by Crippen LogP contribution is -2.24. The lowest BCUT2D eigenvalue weighted by atomic mass is 10.1. The Labute approximate surface area is 205 Å². The number of nitrogens with zero attached hydrogens (tertiary/aromatic N) is 2. The monoisotopic (exact) mass is 475 g/mol. The fourth-order valence-electron chi connectivity index (χ4n) is 4.05. The van der Waals surface area contributed by atoms with Crippen LogP contribution in [-0.2, 0) is 13.0 Å². The first-order valence-electron chi connectivity index (χ1n) is 11.8. The topological polar surface area (TPSA) is 56.2 Å². The van der Waals surface area contributed by atoms with E-state index in [1.807, 2.05) is 73.7 Å². The molecule has 3 aromatic carbocycles. The second kappa shape index (κ2) is 11.7. The van der Waals surface area contributed by atoms with E-state index in [-0.39, 0.29) is 5.91 Å². The van der Waals surface area contributed by atoms with Crippen molar-refractivity contribution < 1.29 is 9.53 Å². The van der Waals surface area contributed by atoms with Gasteiger partial charge in [0, 0.05) is 18.5 Å². The van der Waals surface area contributed by atoms with E-state index in [9.17, 15) is 4.79 Å². The van der Waals surface area contributed by atoms with Gasteiger partial charge in [0.05, 0.1) is 22.6 Å². The quantitative estimate of drug-likeness (QED) is 0.262. The molecule has 34 heavy (non-hydrogen) atoms. The third-order valence-electron chi connectivity index (χ3n) is 5.79. The lowest BCUT2D eigenvalue weighted by molar-refractivity contribution is 0.0953. The third-order valence-corrected chi connectivity index (χ3v) is 6.10. The number of amides is 1. The molecule has 6 heteroatoms. The number of benzene rings is 3. The molecule has 1 aromatic heterocycles. The summed E-state index contributed by atoms with van der Waals surface area (Å²) in [6, 6.07) is 23.4. The van der Waals surface area contributed by atoms with Crippen molar-refractivity contribution in [1.82, 2.24) is 14.9 Å². The Balaban J connectivity index is 1.28. The van der Waals surface area contributed by atoms with Gasteiger partial charge in [0.15, 0.2) is 0 Å². The number of aryl methyl sites for hydroxylation is 2. The molecule has 0 saturated heterocycles. The van der Waals surface area contributed by atoms with E-state index < -0.39 is 0 Å². The molecule has 0 unspecified atom stereocenters. The number of hydrogen-bond acceptors (Lipinski definition) is 3. The van der Waals surface area contributed by atoms with Crippen molar-refractivity contribution in [3.8, 4) is 5.75 Å². The number of carbonyl (C=O) groups excluding carboxylic acids is 1. The first-order chi connectivity index (χ1) is 16.6. The van der Waals surface area contributed by atoms with Gasteiger partial charge in [-0.25, -0.2) is 4.98 Å². The van der Waals surface area contributed by atoms with Crippen LogP contribution in [-0.4, -0.2) is 28.6 Å². The molecule has 0 fully saturated rings. The van der Waals surface area contributed by atoms with Crippen LogP contribution in [0.2, 0.25) is 5.02 Å². The Hall–Kier alpha value is -3.31. The van der Waals surface area contributed by atoms with E-state index in [0.29, 0.717) is 36.0 Å². The van der Waals surface area contributed by atoms with Gasteiger partial charge in [0.25, 0.3) is 5.91 Å². The Morgan fingerprint density at radius 2 is 1.82 bits per heavy atom. The van der Waals surface area contributed by atoms with Crippen molar-refractivity contribution in [3.05, 3.63) is 94.8 Å². The van der Waals surface area contributed by atoms with Crippen molar-refractivity contribution in [2.24, 2.45) is 0 Å². The van der Waals surface area contributed by atoms with E-state index in [0.717, 1.165) is 48.1 Å². The predicted molar refractivity (Wildman–Crippen MR) is 138 cm³/mol. The number of aromatic nitrogens is 2.